The first-order valence-corrected chi connectivity index (χ1v) is 5.23. The Hall–Kier alpha value is -1.06. The fourth-order valence-electron chi connectivity index (χ4n) is 2.08. The van der Waals surface area contributed by atoms with Crippen LogP contribution in [0.5, 0.6) is 0 Å². The van der Waals surface area contributed by atoms with Crippen molar-refractivity contribution >= 4 is 6.01 Å². The summed E-state index contributed by atoms with van der Waals surface area (Å²) in [4.78, 5) is 4.14. The van der Waals surface area contributed by atoms with Crippen molar-refractivity contribution in [2.24, 2.45) is 11.8 Å². The van der Waals surface area contributed by atoms with Crippen LogP contribution in [0, 0.1) is 18.8 Å². The molecule has 1 aliphatic rings. The molecule has 1 aromatic heterocycles. The Kier molecular flexibility index (Phi) is 2.44. The van der Waals surface area contributed by atoms with Gasteiger partial charge in [0, 0.05) is 6.04 Å². The van der Waals surface area contributed by atoms with Crippen molar-refractivity contribution in [3.05, 3.63) is 5.82 Å². The highest BCUT2D eigenvalue weighted by atomic mass is 16.5. The van der Waals surface area contributed by atoms with Crippen LogP contribution in [0.15, 0.2) is 4.52 Å². The zero-order valence-corrected chi connectivity index (χ0v) is 8.95. The molecular weight excluding hydrogens is 178 g/mol. The summed E-state index contributed by atoms with van der Waals surface area (Å²) in [7, 11) is 0. The standard InChI is InChI=1S/C10H17N3O/c1-6-4-5-9(7(6)2)12-10-11-8(3)13-14-10/h6-7,9H,4-5H2,1-3H3,(H,11,12,13). The van der Waals surface area contributed by atoms with Gasteiger partial charge in [-0.15, -0.1) is 0 Å². The SMILES string of the molecule is Cc1noc(NC2CCC(C)C2C)n1. The molecule has 0 aliphatic heterocycles. The van der Waals surface area contributed by atoms with Gasteiger partial charge in [0.05, 0.1) is 0 Å². The molecule has 1 fully saturated rings. The van der Waals surface area contributed by atoms with Gasteiger partial charge in [0.25, 0.3) is 0 Å². The number of nitrogens with one attached hydrogen (secondary N) is 1. The van der Waals surface area contributed by atoms with E-state index in [1.54, 1.807) is 0 Å². The first kappa shape index (κ1) is 9.49. The number of anilines is 1. The van der Waals surface area contributed by atoms with Crippen molar-refractivity contribution in [3.63, 3.8) is 0 Å². The summed E-state index contributed by atoms with van der Waals surface area (Å²) in [6, 6.07) is 1.05. The van der Waals surface area contributed by atoms with Crippen molar-refractivity contribution in [3.8, 4) is 0 Å². The van der Waals surface area contributed by atoms with Crippen LogP contribution in [-0.4, -0.2) is 16.2 Å². The van der Waals surface area contributed by atoms with Gasteiger partial charge >= 0.3 is 6.01 Å². The van der Waals surface area contributed by atoms with Gasteiger partial charge in [-0.1, -0.05) is 19.0 Å². The van der Waals surface area contributed by atoms with Gasteiger partial charge in [-0.3, -0.25) is 0 Å². The van der Waals surface area contributed by atoms with Crippen LogP contribution in [-0.2, 0) is 0 Å². The molecule has 1 saturated carbocycles. The fourth-order valence-corrected chi connectivity index (χ4v) is 2.08. The third-order valence-electron chi connectivity index (χ3n) is 3.30. The van der Waals surface area contributed by atoms with Gasteiger partial charge in [0.2, 0.25) is 0 Å². The molecule has 3 unspecified atom stereocenters. The molecule has 78 valence electrons. The van der Waals surface area contributed by atoms with Crippen LogP contribution < -0.4 is 5.32 Å². The summed E-state index contributed by atoms with van der Waals surface area (Å²) < 4.78 is 5.04. The van der Waals surface area contributed by atoms with Gasteiger partial charge in [-0.25, -0.2) is 0 Å². The number of rotatable bonds is 2. The molecule has 1 aliphatic carbocycles. The third-order valence-corrected chi connectivity index (χ3v) is 3.30. The summed E-state index contributed by atoms with van der Waals surface area (Å²) >= 11 is 0. The lowest BCUT2D eigenvalue weighted by Gasteiger charge is -2.17. The molecule has 1 N–H and O–H groups in total. The van der Waals surface area contributed by atoms with E-state index in [9.17, 15) is 0 Å². The van der Waals surface area contributed by atoms with E-state index in [1.165, 1.54) is 12.8 Å². The zero-order valence-electron chi connectivity index (χ0n) is 8.95. The average molecular weight is 195 g/mol. The van der Waals surface area contributed by atoms with Crippen molar-refractivity contribution in [1.82, 2.24) is 10.1 Å². The predicted octanol–water partition coefficient (Wildman–Crippen LogP) is 2.22. The van der Waals surface area contributed by atoms with Gasteiger partial charge in [0.15, 0.2) is 5.82 Å². The monoisotopic (exact) mass is 195 g/mol. The second kappa shape index (κ2) is 3.59. The topological polar surface area (TPSA) is 51.0 Å². The van der Waals surface area contributed by atoms with Crippen LogP contribution in [0.1, 0.15) is 32.5 Å². The van der Waals surface area contributed by atoms with Crippen molar-refractivity contribution < 1.29 is 4.52 Å². The Labute approximate surface area is 84.1 Å². The largest absolute Gasteiger partial charge is 0.335 e. The molecule has 4 heteroatoms. The van der Waals surface area contributed by atoms with Crippen LogP contribution in [0.25, 0.3) is 0 Å². The lowest BCUT2D eigenvalue weighted by atomic mass is 9.98. The molecule has 0 amide bonds. The molecule has 0 spiro atoms. The molecule has 1 heterocycles. The Morgan fingerprint density at radius 2 is 2.14 bits per heavy atom. The molecule has 0 bridgehead atoms. The van der Waals surface area contributed by atoms with E-state index < -0.39 is 0 Å². The zero-order chi connectivity index (χ0) is 10.1. The summed E-state index contributed by atoms with van der Waals surface area (Å²) in [5.74, 6) is 2.16. The third kappa shape index (κ3) is 1.74. The lowest BCUT2D eigenvalue weighted by molar-refractivity contribution is 0.400. The predicted molar refractivity (Wildman–Crippen MR) is 54.0 cm³/mol. The minimum atomic E-state index is 0.491. The number of nitrogens with zero attached hydrogens (tertiary/aromatic N) is 2. The molecule has 0 aromatic carbocycles. The van der Waals surface area contributed by atoms with E-state index in [2.05, 4.69) is 29.3 Å². The maximum absolute atomic E-state index is 5.04. The molecule has 0 saturated heterocycles. The van der Waals surface area contributed by atoms with Crippen molar-refractivity contribution in [2.45, 2.75) is 39.7 Å². The summed E-state index contributed by atoms with van der Waals surface area (Å²) in [5.41, 5.74) is 0. The minimum absolute atomic E-state index is 0.491. The Morgan fingerprint density at radius 1 is 1.36 bits per heavy atom. The number of hydrogen-bond donors (Lipinski definition) is 1. The number of aryl methyl sites for hydroxylation is 1. The van der Waals surface area contributed by atoms with E-state index in [4.69, 9.17) is 4.52 Å². The summed E-state index contributed by atoms with van der Waals surface area (Å²) in [5, 5.41) is 7.06. The van der Waals surface area contributed by atoms with E-state index in [-0.39, 0.29) is 0 Å². The van der Waals surface area contributed by atoms with Crippen LogP contribution in [0.4, 0.5) is 6.01 Å². The van der Waals surface area contributed by atoms with E-state index in [0.29, 0.717) is 23.8 Å². The Balaban J connectivity index is 1.98. The average Bonchev–Trinajstić information content (AvgIpc) is 2.67. The van der Waals surface area contributed by atoms with Gasteiger partial charge in [0.1, 0.15) is 0 Å². The maximum Gasteiger partial charge on any atom is 0.321 e. The van der Waals surface area contributed by atoms with Crippen LogP contribution in [0.3, 0.4) is 0 Å². The molecule has 2 rings (SSSR count). The van der Waals surface area contributed by atoms with Crippen molar-refractivity contribution in [1.29, 1.82) is 0 Å². The molecule has 0 radical (unpaired) electrons. The van der Waals surface area contributed by atoms with Gasteiger partial charge in [-0.05, 0) is 31.6 Å². The second-order valence-electron chi connectivity index (χ2n) is 4.31. The first-order valence-electron chi connectivity index (χ1n) is 5.23. The highest BCUT2D eigenvalue weighted by Gasteiger charge is 2.30. The van der Waals surface area contributed by atoms with Gasteiger partial charge in [-0.2, -0.15) is 4.98 Å². The highest BCUT2D eigenvalue weighted by Crippen LogP contribution is 2.32. The molecule has 4 nitrogen and oxygen atoms in total. The van der Waals surface area contributed by atoms with E-state index >= 15 is 0 Å². The Morgan fingerprint density at radius 3 is 2.64 bits per heavy atom. The Bertz CT molecular complexity index is 310. The molecular formula is C10H17N3O. The smallest absolute Gasteiger partial charge is 0.321 e. The molecule has 1 aromatic rings. The van der Waals surface area contributed by atoms with Crippen molar-refractivity contribution in [2.75, 3.05) is 5.32 Å². The van der Waals surface area contributed by atoms with E-state index in [0.717, 1.165) is 5.92 Å². The van der Waals surface area contributed by atoms with E-state index in [1.807, 2.05) is 6.92 Å². The quantitative estimate of drug-likeness (QED) is 0.786. The lowest BCUT2D eigenvalue weighted by Crippen LogP contribution is -2.24. The summed E-state index contributed by atoms with van der Waals surface area (Å²) in [6.07, 6.45) is 2.48. The summed E-state index contributed by atoms with van der Waals surface area (Å²) in [6.45, 7) is 6.40. The number of aromatic nitrogens is 2. The van der Waals surface area contributed by atoms with Crippen LogP contribution in [0.2, 0.25) is 0 Å². The van der Waals surface area contributed by atoms with Crippen LogP contribution >= 0.6 is 0 Å². The van der Waals surface area contributed by atoms with Gasteiger partial charge < -0.3 is 9.84 Å². The first-order chi connectivity index (χ1) is 6.66. The highest BCUT2D eigenvalue weighted by molar-refractivity contribution is 5.21. The fraction of sp³-hybridized carbons (Fsp3) is 0.800. The number of hydrogen-bond acceptors (Lipinski definition) is 4. The molecule has 14 heavy (non-hydrogen) atoms. The normalized spacial score (nSPS) is 32.1. The maximum atomic E-state index is 5.04. The minimum Gasteiger partial charge on any atom is -0.335 e. The second-order valence-corrected chi connectivity index (χ2v) is 4.31. The molecule has 3 atom stereocenters.